The Morgan fingerprint density at radius 2 is 2.00 bits per heavy atom. The van der Waals surface area contributed by atoms with Crippen LogP contribution in [0.15, 0.2) is 28.7 Å². The second-order valence-corrected chi connectivity index (χ2v) is 6.32. The van der Waals surface area contributed by atoms with Gasteiger partial charge in [-0.05, 0) is 45.5 Å². The number of hydrogen-bond acceptors (Lipinski definition) is 3. The molecule has 0 bridgehead atoms. The van der Waals surface area contributed by atoms with Gasteiger partial charge in [-0.1, -0.05) is 34.1 Å². The first-order valence-electron chi connectivity index (χ1n) is 6.20. The molecule has 102 valence electrons. The first-order chi connectivity index (χ1) is 8.29. The molecule has 0 aliphatic carbocycles. The third kappa shape index (κ3) is 5.48. The Balaban J connectivity index is 2.47. The number of hydrogen-bond donors (Lipinski definition) is 2. The van der Waals surface area contributed by atoms with Gasteiger partial charge in [0, 0.05) is 17.1 Å². The van der Waals surface area contributed by atoms with E-state index in [9.17, 15) is 5.11 Å². The highest BCUT2D eigenvalue weighted by molar-refractivity contribution is 9.10. The lowest BCUT2D eigenvalue weighted by Gasteiger charge is -2.26. The molecule has 0 amide bonds. The van der Waals surface area contributed by atoms with Crippen LogP contribution >= 0.6 is 15.9 Å². The van der Waals surface area contributed by atoms with Crippen molar-refractivity contribution in [2.75, 3.05) is 20.1 Å². The molecule has 0 aromatic heterocycles. The summed E-state index contributed by atoms with van der Waals surface area (Å²) in [5, 5.41) is 9.73. The minimum atomic E-state index is -0.661. The molecule has 3 N–H and O–H groups in total. The van der Waals surface area contributed by atoms with Crippen LogP contribution in [-0.2, 0) is 0 Å². The van der Waals surface area contributed by atoms with Gasteiger partial charge >= 0.3 is 0 Å². The van der Waals surface area contributed by atoms with Gasteiger partial charge in [-0.2, -0.15) is 0 Å². The molecule has 1 unspecified atom stereocenters. The molecular weight excluding hydrogens is 292 g/mol. The third-order valence-corrected chi connectivity index (χ3v) is 3.51. The SMILES string of the molecule is CN(CCC(N)c1ccccc1Br)CC(C)(C)O. The lowest BCUT2D eigenvalue weighted by atomic mass is 10.0. The van der Waals surface area contributed by atoms with Gasteiger partial charge in [-0.25, -0.2) is 0 Å². The molecule has 3 nitrogen and oxygen atoms in total. The number of benzene rings is 1. The minimum absolute atomic E-state index is 0.0184. The van der Waals surface area contributed by atoms with E-state index in [2.05, 4.69) is 20.8 Å². The maximum absolute atomic E-state index is 9.73. The van der Waals surface area contributed by atoms with Crippen LogP contribution in [0.5, 0.6) is 0 Å². The van der Waals surface area contributed by atoms with E-state index in [-0.39, 0.29) is 6.04 Å². The van der Waals surface area contributed by atoms with Crippen molar-refractivity contribution in [3.8, 4) is 0 Å². The Morgan fingerprint density at radius 3 is 2.56 bits per heavy atom. The molecule has 0 heterocycles. The molecule has 0 saturated heterocycles. The van der Waals surface area contributed by atoms with E-state index in [0.717, 1.165) is 23.0 Å². The highest BCUT2D eigenvalue weighted by Crippen LogP contribution is 2.23. The molecule has 1 aromatic rings. The molecule has 4 heteroatoms. The van der Waals surface area contributed by atoms with E-state index in [4.69, 9.17) is 5.73 Å². The normalized spacial score (nSPS) is 13.9. The fourth-order valence-corrected chi connectivity index (χ4v) is 2.61. The van der Waals surface area contributed by atoms with Crippen LogP contribution in [-0.4, -0.2) is 35.7 Å². The van der Waals surface area contributed by atoms with Gasteiger partial charge in [0.1, 0.15) is 0 Å². The van der Waals surface area contributed by atoms with E-state index in [1.807, 2.05) is 45.2 Å². The second-order valence-electron chi connectivity index (χ2n) is 5.47. The molecule has 0 aliphatic rings. The van der Waals surface area contributed by atoms with Crippen molar-refractivity contribution < 1.29 is 5.11 Å². The Hall–Kier alpha value is -0.420. The summed E-state index contributed by atoms with van der Waals surface area (Å²) >= 11 is 3.52. The molecule has 1 aromatic carbocycles. The van der Waals surface area contributed by atoms with E-state index in [1.165, 1.54) is 0 Å². The highest BCUT2D eigenvalue weighted by atomic mass is 79.9. The number of likely N-dealkylation sites (N-methyl/N-ethyl adjacent to an activating group) is 1. The lowest BCUT2D eigenvalue weighted by molar-refractivity contribution is 0.0438. The third-order valence-electron chi connectivity index (χ3n) is 2.78. The van der Waals surface area contributed by atoms with Gasteiger partial charge < -0.3 is 15.7 Å². The van der Waals surface area contributed by atoms with Gasteiger partial charge in [-0.3, -0.25) is 0 Å². The van der Waals surface area contributed by atoms with Crippen molar-refractivity contribution in [1.82, 2.24) is 4.90 Å². The summed E-state index contributed by atoms with van der Waals surface area (Å²) in [7, 11) is 2.00. The summed E-state index contributed by atoms with van der Waals surface area (Å²) in [6.07, 6.45) is 0.870. The zero-order valence-corrected chi connectivity index (χ0v) is 12.9. The zero-order chi connectivity index (χ0) is 13.8. The van der Waals surface area contributed by atoms with Crippen molar-refractivity contribution in [2.24, 2.45) is 5.73 Å². The summed E-state index contributed by atoms with van der Waals surface area (Å²) in [6.45, 7) is 5.15. The van der Waals surface area contributed by atoms with Gasteiger partial charge in [0.05, 0.1) is 5.60 Å². The average molecular weight is 315 g/mol. The minimum Gasteiger partial charge on any atom is -0.389 e. The van der Waals surface area contributed by atoms with Crippen molar-refractivity contribution in [2.45, 2.75) is 31.9 Å². The molecular formula is C14H23BrN2O. The lowest BCUT2D eigenvalue weighted by Crippen LogP contribution is -2.37. The molecule has 0 fully saturated rings. The predicted molar refractivity (Wildman–Crippen MR) is 79.5 cm³/mol. The van der Waals surface area contributed by atoms with E-state index < -0.39 is 5.60 Å². The number of halogens is 1. The Bertz CT molecular complexity index is 376. The first kappa shape index (κ1) is 15.6. The van der Waals surface area contributed by atoms with Gasteiger partial charge in [0.15, 0.2) is 0 Å². The quantitative estimate of drug-likeness (QED) is 0.848. The van der Waals surface area contributed by atoms with Gasteiger partial charge in [0.25, 0.3) is 0 Å². The van der Waals surface area contributed by atoms with Crippen LogP contribution in [0, 0.1) is 0 Å². The van der Waals surface area contributed by atoms with Crippen molar-refractivity contribution in [1.29, 1.82) is 0 Å². The smallest absolute Gasteiger partial charge is 0.0718 e. The maximum Gasteiger partial charge on any atom is 0.0718 e. The molecule has 0 saturated carbocycles. The van der Waals surface area contributed by atoms with Crippen molar-refractivity contribution in [3.63, 3.8) is 0 Å². The number of nitrogens with zero attached hydrogens (tertiary/aromatic N) is 1. The van der Waals surface area contributed by atoms with Crippen LogP contribution in [0.2, 0.25) is 0 Å². The first-order valence-corrected chi connectivity index (χ1v) is 7.00. The average Bonchev–Trinajstić information content (AvgIpc) is 2.24. The van der Waals surface area contributed by atoms with Crippen LogP contribution in [0.25, 0.3) is 0 Å². The zero-order valence-electron chi connectivity index (χ0n) is 11.4. The summed E-state index contributed by atoms with van der Waals surface area (Å²) in [5.74, 6) is 0. The summed E-state index contributed by atoms with van der Waals surface area (Å²) < 4.78 is 1.06. The van der Waals surface area contributed by atoms with E-state index in [1.54, 1.807) is 0 Å². The second kappa shape index (κ2) is 6.66. The number of rotatable bonds is 6. The highest BCUT2D eigenvalue weighted by Gasteiger charge is 2.16. The number of aliphatic hydroxyl groups is 1. The Kier molecular flexibility index (Phi) is 5.79. The Labute approximate surface area is 118 Å². The fourth-order valence-electron chi connectivity index (χ4n) is 2.03. The van der Waals surface area contributed by atoms with Crippen molar-refractivity contribution >= 4 is 15.9 Å². The Morgan fingerprint density at radius 1 is 1.39 bits per heavy atom. The van der Waals surface area contributed by atoms with Crippen LogP contribution < -0.4 is 5.73 Å². The largest absolute Gasteiger partial charge is 0.389 e. The summed E-state index contributed by atoms with van der Waals surface area (Å²) in [5.41, 5.74) is 6.66. The maximum atomic E-state index is 9.73. The molecule has 18 heavy (non-hydrogen) atoms. The molecule has 1 atom stereocenters. The molecule has 1 rings (SSSR count). The van der Waals surface area contributed by atoms with E-state index >= 15 is 0 Å². The van der Waals surface area contributed by atoms with E-state index in [0.29, 0.717) is 6.54 Å². The number of nitrogens with two attached hydrogens (primary N) is 1. The monoisotopic (exact) mass is 314 g/mol. The molecule has 0 aliphatic heterocycles. The van der Waals surface area contributed by atoms with Crippen LogP contribution in [0.4, 0.5) is 0 Å². The van der Waals surface area contributed by atoms with Crippen LogP contribution in [0.1, 0.15) is 31.9 Å². The summed E-state index contributed by atoms with van der Waals surface area (Å²) in [4.78, 5) is 2.11. The van der Waals surface area contributed by atoms with Crippen molar-refractivity contribution in [3.05, 3.63) is 34.3 Å². The summed E-state index contributed by atoms with van der Waals surface area (Å²) in [6, 6.07) is 8.06. The van der Waals surface area contributed by atoms with Gasteiger partial charge in [-0.15, -0.1) is 0 Å². The van der Waals surface area contributed by atoms with Crippen LogP contribution in [0.3, 0.4) is 0 Å². The standard InChI is InChI=1S/C14H23BrN2O/c1-14(2,18)10-17(3)9-8-13(16)11-6-4-5-7-12(11)15/h4-7,13,18H,8-10,16H2,1-3H3. The fraction of sp³-hybridized carbons (Fsp3) is 0.571. The topological polar surface area (TPSA) is 49.5 Å². The molecule has 0 radical (unpaired) electrons. The van der Waals surface area contributed by atoms with Gasteiger partial charge in [0.2, 0.25) is 0 Å². The predicted octanol–water partition coefficient (Wildman–Crippen LogP) is 2.54. The molecule has 0 spiro atoms.